The standard InChI is InChI=1S/C23H22Cl2N4O2/c24-16-3-6-18(7-4-16)29-23(31)10-9-22(30)28-13-2-1-12-26-20-11-14-27-21-15-17(25)5-8-19(20)21/h3-11,14-15H,1-2,12-13H2,(H,26,27)(H,28,30)(H,29,31)/b10-9+. The number of unbranched alkanes of at least 4 members (excludes halogenated alkanes) is 1. The molecule has 0 aliphatic heterocycles. The minimum atomic E-state index is -0.382. The van der Waals surface area contributed by atoms with E-state index in [1.54, 1.807) is 30.5 Å². The molecule has 0 saturated heterocycles. The van der Waals surface area contributed by atoms with Crippen LogP contribution < -0.4 is 16.0 Å². The Kier molecular flexibility index (Phi) is 8.27. The maximum atomic E-state index is 11.8. The Morgan fingerprint density at radius 1 is 0.871 bits per heavy atom. The van der Waals surface area contributed by atoms with Gasteiger partial charge in [-0.3, -0.25) is 14.6 Å². The van der Waals surface area contributed by atoms with Gasteiger partial charge >= 0.3 is 0 Å². The maximum Gasteiger partial charge on any atom is 0.248 e. The van der Waals surface area contributed by atoms with Crippen molar-refractivity contribution < 1.29 is 9.59 Å². The van der Waals surface area contributed by atoms with Gasteiger partial charge in [-0.05, 0) is 61.4 Å². The number of aromatic nitrogens is 1. The molecule has 0 saturated carbocycles. The van der Waals surface area contributed by atoms with Gasteiger partial charge in [-0.2, -0.15) is 0 Å². The second-order valence-electron chi connectivity index (χ2n) is 6.77. The van der Waals surface area contributed by atoms with Crippen molar-refractivity contribution in [2.45, 2.75) is 12.8 Å². The van der Waals surface area contributed by atoms with Gasteiger partial charge in [-0.15, -0.1) is 0 Å². The predicted octanol–water partition coefficient (Wildman–Crippen LogP) is 5.04. The molecule has 0 radical (unpaired) electrons. The molecular formula is C23H22Cl2N4O2. The average Bonchev–Trinajstić information content (AvgIpc) is 2.76. The molecule has 160 valence electrons. The lowest BCUT2D eigenvalue weighted by molar-refractivity contribution is -0.117. The first kappa shape index (κ1) is 22.6. The Morgan fingerprint density at radius 3 is 2.39 bits per heavy atom. The van der Waals surface area contributed by atoms with Crippen LogP contribution in [0.1, 0.15) is 12.8 Å². The molecule has 0 atom stereocenters. The molecule has 2 amide bonds. The van der Waals surface area contributed by atoms with Crippen LogP contribution in [0.4, 0.5) is 11.4 Å². The highest BCUT2D eigenvalue weighted by Crippen LogP contribution is 2.24. The summed E-state index contributed by atoms with van der Waals surface area (Å²) < 4.78 is 0. The minimum Gasteiger partial charge on any atom is -0.384 e. The number of amides is 2. The van der Waals surface area contributed by atoms with Gasteiger partial charge in [0.05, 0.1) is 5.52 Å². The number of carbonyl (C=O) groups is 2. The lowest BCUT2D eigenvalue weighted by Crippen LogP contribution is -2.23. The first-order valence-electron chi connectivity index (χ1n) is 9.82. The number of hydrogen-bond acceptors (Lipinski definition) is 4. The van der Waals surface area contributed by atoms with Crippen LogP contribution in [0.25, 0.3) is 10.9 Å². The van der Waals surface area contributed by atoms with Gasteiger partial charge in [0.15, 0.2) is 0 Å². The van der Waals surface area contributed by atoms with E-state index in [0.29, 0.717) is 22.3 Å². The summed E-state index contributed by atoms with van der Waals surface area (Å²) in [5.74, 6) is -0.691. The van der Waals surface area contributed by atoms with E-state index in [2.05, 4.69) is 20.9 Å². The third kappa shape index (κ3) is 7.27. The Labute approximate surface area is 190 Å². The highest BCUT2D eigenvalue weighted by molar-refractivity contribution is 6.31. The number of nitrogens with zero attached hydrogens (tertiary/aromatic N) is 1. The fraction of sp³-hybridized carbons (Fsp3) is 0.174. The number of fused-ring (bicyclic) bond motifs is 1. The van der Waals surface area contributed by atoms with Crippen molar-refractivity contribution >= 4 is 57.3 Å². The minimum absolute atomic E-state index is 0.309. The van der Waals surface area contributed by atoms with Gasteiger partial charge in [0, 0.05) is 58.2 Å². The second kappa shape index (κ2) is 11.3. The quantitative estimate of drug-likeness (QED) is 0.310. The number of halogens is 2. The molecule has 6 nitrogen and oxygen atoms in total. The molecule has 0 aliphatic rings. The van der Waals surface area contributed by atoms with E-state index < -0.39 is 0 Å². The van der Waals surface area contributed by atoms with E-state index in [1.807, 2.05) is 24.3 Å². The summed E-state index contributed by atoms with van der Waals surface area (Å²) in [6.07, 6.45) is 5.84. The van der Waals surface area contributed by atoms with Gasteiger partial charge in [0.25, 0.3) is 0 Å². The lowest BCUT2D eigenvalue weighted by Gasteiger charge is -2.09. The van der Waals surface area contributed by atoms with Crippen LogP contribution in [0.2, 0.25) is 10.0 Å². The van der Waals surface area contributed by atoms with Gasteiger partial charge < -0.3 is 16.0 Å². The zero-order valence-electron chi connectivity index (χ0n) is 16.7. The van der Waals surface area contributed by atoms with Crippen LogP contribution in [0.5, 0.6) is 0 Å². The Balaban J connectivity index is 1.33. The topological polar surface area (TPSA) is 83.1 Å². The molecule has 31 heavy (non-hydrogen) atoms. The van der Waals surface area contributed by atoms with Crippen molar-refractivity contribution in [3.05, 3.63) is 76.9 Å². The predicted molar refractivity (Wildman–Crippen MR) is 127 cm³/mol. The van der Waals surface area contributed by atoms with Crippen LogP contribution in [0, 0.1) is 0 Å². The van der Waals surface area contributed by atoms with E-state index >= 15 is 0 Å². The molecule has 0 fully saturated rings. The van der Waals surface area contributed by atoms with E-state index in [1.165, 1.54) is 12.2 Å². The summed E-state index contributed by atoms with van der Waals surface area (Å²) in [5, 5.41) is 11.1. The summed E-state index contributed by atoms with van der Waals surface area (Å²) >= 11 is 11.8. The third-order valence-electron chi connectivity index (χ3n) is 4.42. The van der Waals surface area contributed by atoms with Crippen LogP contribution in [-0.2, 0) is 9.59 Å². The summed E-state index contributed by atoms with van der Waals surface area (Å²) in [6.45, 7) is 1.29. The van der Waals surface area contributed by atoms with Crippen LogP contribution in [0.3, 0.4) is 0 Å². The van der Waals surface area contributed by atoms with E-state index in [4.69, 9.17) is 23.2 Å². The first-order chi connectivity index (χ1) is 15.0. The molecule has 3 N–H and O–H groups in total. The first-order valence-corrected chi connectivity index (χ1v) is 10.6. The molecule has 0 unspecified atom stereocenters. The zero-order valence-corrected chi connectivity index (χ0v) is 18.2. The van der Waals surface area contributed by atoms with Gasteiger partial charge in [0.1, 0.15) is 0 Å². The van der Waals surface area contributed by atoms with Gasteiger partial charge in [-0.25, -0.2) is 0 Å². The summed E-state index contributed by atoms with van der Waals surface area (Å²) in [5.41, 5.74) is 2.45. The molecule has 8 heteroatoms. The van der Waals surface area contributed by atoms with E-state index in [-0.39, 0.29) is 11.8 Å². The Hall–Kier alpha value is -3.09. The van der Waals surface area contributed by atoms with Crippen molar-refractivity contribution in [1.82, 2.24) is 10.3 Å². The summed E-state index contributed by atoms with van der Waals surface area (Å²) in [7, 11) is 0. The zero-order chi connectivity index (χ0) is 22.1. The number of carbonyl (C=O) groups excluding carboxylic acids is 2. The smallest absolute Gasteiger partial charge is 0.248 e. The molecule has 3 aromatic rings. The number of nitrogens with one attached hydrogen (secondary N) is 3. The molecule has 0 spiro atoms. The molecular weight excluding hydrogens is 435 g/mol. The third-order valence-corrected chi connectivity index (χ3v) is 4.91. The number of benzene rings is 2. The molecule has 1 aromatic heterocycles. The molecule has 0 bridgehead atoms. The normalized spacial score (nSPS) is 10.9. The number of rotatable bonds is 9. The van der Waals surface area contributed by atoms with Crippen molar-refractivity contribution in [2.24, 2.45) is 0 Å². The number of hydrogen-bond donors (Lipinski definition) is 3. The number of anilines is 2. The van der Waals surface area contributed by atoms with Crippen molar-refractivity contribution in [3.8, 4) is 0 Å². The monoisotopic (exact) mass is 456 g/mol. The average molecular weight is 457 g/mol. The highest BCUT2D eigenvalue weighted by Gasteiger charge is 2.03. The number of pyridine rings is 1. The Bertz CT molecular complexity index is 1080. The molecule has 3 rings (SSSR count). The molecule has 0 aliphatic carbocycles. The van der Waals surface area contributed by atoms with E-state index in [0.717, 1.165) is 36.0 Å². The Morgan fingerprint density at radius 2 is 1.58 bits per heavy atom. The van der Waals surface area contributed by atoms with Crippen molar-refractivity contribution in [1.29, 1.82) is 0 Å². The van der Waals surface area contributed by atoms with Gasteiger partial charge in [0.2, 0.25) is 11.8 Å². The van der Waals surface area contributed by atoms with Crippen LogP contribution >= 0.6 is 23.2 Å². The lowest BCUT2D eigenvalue weighted by atomic mass is 10.2. The highest BCUT2D eigenvalue weighted by atomic mass is 35.5. The van der Waals surface area contributed by atoms with Crippen LogP contribution in [-0.4, -0.2) is 29.9 Å². The van der Waals surface area contributed by atoms with Crippen molar-refractivity contribution in [2.75, 3.05) is 23.7 Å². The largest absolute Gasteiger partial charge is 0.384 e. The molecule has 1 heterocycles. The summed E-state index contributed by atoms with van der Waals surface area (Å²) in [4.78, 5) is 28.0. The molecule has 2 aromatic carbocycles. The van der Waals surface area contributed by atoms with Crippen molar-refractivity contribution in [3.63, 3.8) is 0 Å². The fourth-order valence-electron chi connectivity index (χ4n) is 2.89. The van der Waals surface area contributed by atoms with Crippen LogP contribution in [0.15, 0.2) is 66.9 Å². The van der Waals surface area contributed by atoms with Gasteiger partial charge in [-0.1, -0.05) is 23.2 Å². The maximum absolute atomic E-state index is 11.8. The van der Waals surface area contributed by atoms with E-state index in [9.17, 15) is 9.59 Å². The summed E-state index contributed by atoms with van der Waals surface area (Å²) in [6, 6.07) is 14.3. The SMILES string of the molecule is O=C(/C=C/C(=O)Nc1ccc(Cl)cc1)NCCCCNc1ccnc2cc(Cl)ccc12. The fourth-order valence-corrected chi connectivity index (χ4v) is 3.18. The second-order valence-corrected chi connectivity index (χ2v) is 7.65.